The third-order valence-corrected chi connectivity index (χ3v) is 5.67. The summed E-state index contributed by atoms with van der Waals surface area (Å²) in [6, 6.07) is 23.8. The van der Waals surface area contributed by atoms with Gasteiger partial charge in [-0.2, -0.15) is 0 Å². The van der Waals surface area contributed by atoms with Crippen molar-refractivity contribution in [2.75, 3.05) is 0 Å². The van der Waals surface area contributed by atoms with Crippen LogP contribution in [0, 0.1) is 0 Å². The first-order chi connectivity index (χ1) is 14.5. The molecule has 0 bridgehead atoms. The van der Waals surface area contributed by atoms with E-state index in [0.717, 1.165) is 38.5 Å². The molecule has 1 atom stereocenters. The fraction of sp³-hybridized carbons (Fsp3) is 0.115. The van der Waals surface area contributed by atoms with E-state index in [0.29, 0.717) is 17.1 Å². The van der Waals surface area contributed by atoms with Crippen molar-refractivity contribution >= 4 is 39.0 Å². The number of hydrogen-bond donors (Lipinski definition) is 1. The normalized spacial score (nSPS) is 16.9. The molecule has 1 N–H and O–H groups in total. The second kappa shape index (κ2) is 6.92. The summed E-state index contributed by atoms with van der Waals surface area (Å²) in [6.45, 7) is 3.79. The minimum absolute atomic E-state index is 0.465. The lowest BCUT2D eigenvalue weighted by molar-refractivity contribution is -0.144. The van der Waals surface area contributed by atoms with Crippen LogP contribution < -0.4 is 0 Å². The molecular formula is C26H20O4. The van der Waals surface area contributed by atoms with Gasteiger partial charge in [-0.25, -0.2) is 4.79 Å². The van der Waals surface area contributed by atoms with Crippen LogP contribution in [0.25, 0.3) is 33.1 Å². The summed E-state index contributed by atoms with van der Waals surface area (Å²) < 4.78 is 12.0. The van der Waals surface area contributed by atoms with Gasteiger partial charge in [0.05, 0.1) is 0 Å². The summed E-state index contributed by atoms with van der Waals surface area (Å²) in [7, 11) is 0. The monoisotopic (exact) mass is 396 g/mol. The molecule has 4 aromatic rings. The first-order valence-corrected chi connectivity index (χ1v) is 9.83. The maximum Gasteiger partial charge on any atom is 0.349 e. The van der Waals surface area contributed by atoms with Crippen molar-refractivity contribution < 1.29 is 19.1 Å². The quantitative estimate of drug-likeness (QED) is 0.443. The summed E-state index contributed by atoms with van der Waals surface area (Å²) in [5.74, 6) is -0.0244. The van der Waals surface area contributed by atoms with Crippen LogP contribution in [0.5, 0.6) is 0 Å². The average molecular weight is 396 g/mol. The number of aliphatic carboxylic acids is 1. The predicted molar refractivity (Wildman–Crippen MR) is 118 cm³/mol. The van der Waals surface area contributed by atoms with Gasteiger partial charge < -0.3 is 14.3 Å². The summed E-state index contributed by atoms with van der Waals surface area (Å²) in [5.41, 5.74) is 4.16. The maximum absolute atomic E-state index is 12.0. The molecule has 0 amide bonds. The Kier molecular flexibility index (Phi) is 4.21. The minimum Gasteiger partial charge on any atom is -0.478 e. The number of carboxylic acid groups (broad SMARTS) is 1. The van der Waals surface area contributed by atoms with Gasteiger partial charge in [-0.15, -0.1) is 0 Å². The molecule has 1 unspecified atom stereocenters. The molecule has 0 radical (unpaired) electrons. The molecule has 30 heavy (non-hydrogen) atoms. The van der Waals surface area contributed by atoms with E-state index in [4.69, 9.17) is 9.15 Å². The van der Waals surface area contributed by atoms with Crippen molar-refractivity contribution in [3.63, 3.8) is 0 Å². The highest BCUT2D eigenvalue weighted by Gasteiger charge is 2.34. The first kappa shape index (κ1) is 18.3. The number of ether oxygens (including phenoxy) is 1. The molecule has 4 heteroatoms. The third-order valence-electron chi connectivity index (χ3n) is 5.67. The third kappa shape index (κ3) is 2.80. The van der Waals surface area contributed by atoms with Gasteiger partial charge >= 0.3 is 5.97 Å². The smallest absolute Gasteiger partial charge is 0.349 e. The van der Waals surface area contributed by atoms with Crippen molar-refractivity contribution in [2.45, 2.75) is 20.0 Å². The standard InChI is InChI=1S/C26H20O4/c1-15-23(20-12-7-10-17-8-3-5-11-19(17)20)16(2)25(26(27)28)30-24(15)22-14-18-9-4-6-13-21(18)29-22/h3-14,25H,1-2H3,(H,27,28). The summed E-state index contributed by atoms with van der Waals surface area (Å²) in [4.78, 5) is 12.0. The topological polar surface area (TPSA) is 59.7 Å². The number of carbonyl (C=O) groups is 1. The number of rotatable bonds is 3. The van der Waals surface area contributed by atoms with E-state index in [2.05, 4.69) is 18.2 Å². The SMILES string of the molecule is CC1=C(c2cc3ccccc3o2)OC(C(=O)O)C(C)=C1c1cccc2ccccc12. The number of furan rings is 1. The molecule has 5 rings (SSSR count). The van der Waals surface area contributed by atoms with E-state index in [-0.39, 0.29) is 0 Å². The zero-order valence-electron chi connectivity index (χ0n) is 16.7. The molecule has 0 spiro atoms. The molecule has 0 saturated carbocycles. The molecule has 1 aromatic heterocycles. The number of hydrogen-bond acceptors (Lipinski definition) is 3. The summed E-state index contributed by atoms with van der Waals surface area (Å²) in [6.07, 6.45) is -1.08. The minimum atomic E-state index is -1.08. The first-order valence-electron chi connectivity index (χ1n) is 9.83. The lowest BCUT2D eigenvalue weighted by Gasteiger charge is -2.28. The second-order valence-electron chi connectivity index (χ2n) is 7.52. The van der Waals surface area contributed by atoms with Gasteiger partial charge in [0.1, 0.15) is 5.58 Å². The van der Waals surface area contributed by atoms with Crippen LogP contribution in [0.4, 0.5) is 0 Å². The van der Waals surface area contributed by atoms with Gasteiger partial charge in [-0.05, 0) is 53.5 Å². The molecule has 3 aromatic carbocycles. The highest BCUT2D eigenvalue weighted by molar-refractivity contribution is 6.03. The van der Waals surface area contributed by atoms with E-state index in [1.165, 1.54) is 0 Å². The molecule has 0 fully saturated rings. The van der Waals surface area contributed by atoms with Crippen LogP contribution in [0.1, 0.15) is 25.2 Å². The Morgan fingerprint density at radius 2 is 1.60 bits per heavy atom. The number of para-hydroxylation sites is 1. The molecular weight excluding hydrogens is 376 g/mol. The van der Waals surface area contributed by atoms with Gasteiger partial charge in [0.15, 0.2) is 11.5 Å². The molecule has 2 heterocycles. The molecule has 1 aliphatic rings. The van der Waals surface area contributed by atoms with E-state index < -0.39 is 12.1 Å². The van der Waals surface area contributed by atoms with Gasteiger partial charge in [0, 0.05) is 11.0 Å². The highest BCUT2D eigenvalue weighted by Crippen LogP contribution is 2.42. The van der Waals surface area contributed by atoms with Crippen LogP contribution in [0.2, 0.25) is 0 Å². The Balaban J connectivity index is 1.78. The highest BCUT2D eigenvalue weighted by atomic mass is 16.5. The zero-order chi connectivity index (χ0) is 20.8. The van der Waals surface area contributed by atoms with Crippen LogP contribution in [-0.2, 0) is 9.53 Å². The summed E-state index contributed by atoms with van der Waals surface area (Å²) in [5, 5.41) is 13.0. The van der Waals surface area contributed by atoms with Crippen LogP contribution in [0.15, 0.2) is 88.4 Å². The van der Waals surface area contributed by atoms with Gasteiger partial charge in [0.25, 0.3) is 0 Å². The zero-order valence-corrected chi connectivity index (χ0v) is 16.7. The Morgan fingerprint density at radius 3 is 2.37 bits per heavy atom. The molecule has 0 saturated heterocycles. The lowest BCUT2D eigenvalue weighted by Crippen LogP contribution is -2.28. The fourth-order valence-electron chi connectivity index (χ4n) is 4.27. The largest absolute Gasteiger partial charge is 0.478 e. The van der Waals surface area contributed by atoms with E-state index >= 15 is 0 Å². The molecule has 1 aliphatic heterocycles. The van der Waals surface area contributed by atoms with Gasteiger partial charge in [-0.1, -0.05) is 60.7 Å². The fourth-order valence-corrected chi connectivity index (χ4v) is 4.27. The van der Waals surface area contributed by atoms with Crippen molar-refractivity contribution in [3.05, 3.63) is 95.3 Å². The Labute approximate surface area is 173 Å². The van der Waals surface area contributed by atoms with Gasteiger partial charge in [-0.3, -0.25) is 0 Å². The lowest BCUT2D eigenvalue weighted by atomic mass is 9.86. The maximum atomic E-state index is 12.0. The van der Waals surface area contributed by atoms with Gasteiger partial charge in [0.2, 0.25) is 6.10 Å². The number of carboxylic acids is 1. The van der Waals surface area contributed by atoms with E-state index in [1.807, 2.05) is 68.4 Å². The second-order valence-corrected chi connectivity index (χ2v) is 7.52. The molecule has 0 aliphatic carbocycles. The van der Waals surface area contributed by atoms with Crippen LogP contribution in [0.3, 0.4) is 0 Å². The Morgan fingerprint density at radius 1 is 0.900 bits per heavy atom. The Hall–Kier alpha value is -3.79. The number of benzene rings is 3. The van der Waals surface area contributed by atoms with Crippen molar-refractivity contribution in [2.24, 2.45) is 0 Å². The Bertz CT molecular complexity index is 1330. The van der Waals surface area contributed by atoms with E-state index in [1.54, 1.807) is 0 Å². The molecule has 4 nitrogen and oxygen atoms in total. The van der Waals surface area contributed by atoms with Crippen molar-refractivity contribution in [3.8, 4) is 0 Å². The number of fused-ring (bicyclic) bond motifs is 2. The number of allylic oxidation sites excluding steroid dienone is 2. The van der Waals surface area contributed by atoms with Crippen molar-refractivity contribution in [1.29, 1.82) is 0 Å². The van der Waals surface area contributed by atoms with E-state index in [9.17, 15) is 9.90 Å². The predicted octanol–water partition coefficient (Wildman–Crippen LogP) is 6.27. The molecule has 148 valence electrons. The van der Waals surface area contributed by atoms with Crippen molar-refractivity contribution in [1.82, 2.24) is 0 Å². The van der Waals surface area contributed by atoms with Crippen LogP contribution >= 0.6 is 0 Å². The average Bonchev–Trinajstić information content (AvgIpc) is 3.17. The van der Waals surface area contributed by atoms with Crippen LogP contribution in [-0.4, -0.2) is 17.2 Å². The summed E-state index contributed by atoms with van der Waals surface area (Å²) >= 11 is 0.